The van der Waals surface area contributed by atoms with Crippen LogP contribution in [-0.4, -0.2) is 54.2 Å². The van der Waals surface area contributed by atoms with Crippen molar-refractivity contribution in [2.24, 2.45) is 7.05 Å². The minimum absolute atomic E-state index is 0.183. The van der Waals surface area contributed by atoms with Gasteiger partial charge in [0.2, 0.25) is 0 Å². The van der Waals surface area contributed by atoms with Gasteiger partial charge in [0.1, 0.15) is 17.0 Å². The molecule has 1 fully saturated rings. The quantitative estimate of drug-likeness (QED) is 0.603. The highest BCUT2D eigenvalue weighted by molar-refractivity contribution is 7.92. The molecule has 3 aromatic rings. The van der Waals surface area contributed by atoms with Crippen molar-refractivity contribution in [2.45, 2.75) is 18.7 Å². The molecule has 4 rings (SSSR count). The number of hydrogen-bond donors (Lipinski definition) is 1. The number of ether oxygens (including phenoxy) is 1. The van der Waals surface area contributed by atoms with Crippen molar-refractivity contribution >= 4 is 21.5 Å². The van der Waals surface area contributed by atoms with Gasteiger partial charge < -0.3 is 14.2 Å². The van der Waals surface area contributed by atoms with Crippen LogP contribution in [-0.2, 0) is 21.8 Å². The normalized spacial score (nSPS) is 14.0. The maximum Gasteiger partial charge on any atom is 0.263 e. The second-order valence-electron chi connectivity index (χ2n) is 7.48. The van der Waals surface area contributed by atoms with Crippen molar-refractivity contribution < 1.29 is 13.2 Å². The molecule has 0 saturated carbocycles. The second kappa shape index (κ2) is 8.98. The van der Waals surface area contributed by atoms with E-state index >= 15 is 0 Å². The van der Waals surface area contributed by atoms with E-state index in [-0.39, 0.29) is 4.90 Å². The summed E-state index contributed by atoms with van der Waals surface area (Å²) in [7, 11) is -1.96. The van der Waals surface area contributed by atoms with Crippen LogP contribution in [0.25, 0.3) is 0 Å². The van der Waals surface area contributed by atoms with Crippen molar-refractivity contribution in [3.05, 3.63) is 59.6 Å². The van der Waals surface area contributed by atoms with E-state index < -0.39 is 10.0 Å². The summed E-state index contributed by atoms with van der Waals surface area (Å²) in [5.74, 6) is 7.03. The van der Waals surface area contributed by atoms with E-state index in [0.29, 0.717) is 30.2 Å². The average Bonchev–Trinajstić information content (AvgIpc) is 3.23. The summed E-state index contributed by atoms with van der Waals surface area (Å²) in [6.07, 6.45) is 6.38. The third kappa shape index (κ3) is 4.74. The number of rotatable bonds is 4. The summed E-state index contributed by atoms with van der Waals surface area (Å²) in [4.78, 5) is 15.4. The highest BCUT2D eigenvalue weighted by Gasteiger charge is 2.18. The number of anilines is 2. The Bertz CT molecular complexity index is 1300. The fourth-order valence-corrected chi connectivity index (χ4v) is 4.46. The molecule has 3 aromatic heterocycles. The maximum atomic E-state index is 12.7. The third-order valence-electron chi connectivity index (χ3n) is 5.11. The lowest BCUT2D eigenvalue weighted by atomic mass is 10.1. The summed E-state index contributed by atoms with van der Waals surface area (Å²) in [6, 6.07) is 3.23. The minimum atomic E-state index is -3.72. The predicted molar refractivity (Wildman–Crippen MR) is 121 cm³/mol. The molecule has 0 atom stereocenters. The lowest BCUT2D eigenvalue weighted by Crippen LogP contribution is -2.37. The molecule has 9 nitrogen and oxygen atoms in total. The molecule has 0 bridgehead atoms. The highest BCUT2D eigenvalue weighted by Crippen LogP contribution is 2.21. The first kappa shape index (κ1) is 21.8. The molecular formula is C22H24N6O3S. The highest BCUT2D eigenvalue weighted by atomic mass is 32.2. The van der Waals surface area contributed by atoms with Gasteiger partial charge in [-0.25, -0.2) is 18.4 Å². The van der Waals surface area contributed by atoms with E-state index in [1.807, 2.05) is 6.92 Å². The van der Waals surface area contributed by atoms with Gasteiger partial charge in [0, 0.05) is 44.3 Å². The molecule has 0 aliphatic carbocycles. The Kier molecular flexibility index (Phi) is 6.12. The Morgan fingerprint density at radius 1 is 1.09 bits per heavy atom. The van der Waals surface area contributed by atoms with Crippen LogP contribution in [0.1, 0.15) is 22.5 Å². The van der Waals surface area contributed by atoms with Crippen LogP contribution in [0, 0.1) is 25.7 Å². The summed E-state index contributed by atoms with van der Waals surface area (Å²) < 4.78 is 35.1. The van der Waals surface area contributed by atoms with E-state index in [2.05, 4.69) is 36.4 Å². The molecule has 0 radical (unpaired) electrons. The van der Waals surface area contributed by atoms with E-state index in [9.17, 15) is 8.42 Å². The standard InChI is InChI=1S/C22H24N6O3S/c1-16-20(22(25-15-24-16)28-8-10-31-11-9-28)5-4-18-12-21(17(2)23-13-18)26-32(29,30)19-6-7-27(3)14-19/h6-7,12-15,26H,8-11H2,1-3H3. The Morgan fingerprint density at radius 3 is 2.59 bits per heavy atom. The molecule has 1 aliphatic rings. The molecule has 1 N–H and O–H groups in total. The van der Waals surface area contributed by atoms with Crippen LogP contribution >= 0.6 is 0 Å². The van der Waals surface area contributed by atoms with Gasteiger partial charge in [-0.15, -0.1) is 0 Å². The van der Waals surface area contributed by atoms with Gasteiger partial charge in [0.25, 0.3) is 10.0 Å². The predicted octanol–water partition coefficient (Wildman–Crippen LogP) is 1.86. The molecule has 32 heavy (non-hydrogen) atoms. The molecule has 0 spiro atoms. The molecule has 0 amide bonds. The summed E-state index contributed by atoms with van der Waals surface area (Å²) in [6.45, 7) is 6.39. The summed E-state index contributed by atoms with van der Waals surface area (Å²) in [5, 5.41) is 0. The van der Waals surface area contributed by atoms with Crippen LogP contribution in [0.3, 0.4) is 0 Å². The van der Waals surface area contributed by atoms with Gasteiger partial charge in [0.15, 0.2) is 0 Å². The van der Waals surface area contributed by atoms with Gasteiger partial charge in [-0.05, 0) is 26.0 Å². The fraction of sp³-hybridized carbons (Fsp3) is 0.318. The van der Waals surface area contributed by atoms with Crippen LogP contribution in [0.4, 0.5) is 11.5 Å². The number of morpholine rings is 1. The van der Waals surface area contributed by atoms with E-state index in [0.717, 1.165) is 30.2 Å². The number of pyridine rings is 1. The van der Waals surface area contributed by atoms with Crippen molar-refractivity contribution in [1.82, 2.24) is 19.5 Å². The van der Waals surface area contributed by atoms with Gasteiger partial charge in [-0.1, -0.05) is 11.8 Å². The number of nitrogens with zero attached hydrogens (tertiary/aromatic N) is 5. The Hall–Kier alpha value is -3.42. The summed E-state index contributed by atoms with van der Waals surface area (Å²) >= 11 is 0. The van der Waals surface area contributed by atoms with Gasteiger partial charge in [0.05, 0.1) is 35.9 Å². The number of aromatic nitrogens is 4. The monoisotopic (exact) mass is 452 g/mol. The van der Waals surface area contributed by atoms with Crippen molar-refractivity contribution in [2.75, 3.05) is 35.9 Å². The molecule has 1 saturated heterocycles. The molecule has 10 heteroatoms. The smallest absolute Gasteiger partial charge is 0.263 e. The van der Waals surface area contributed by atoms with E-state index in [1.165, 1.54) is 6.33 Å². The molecule has 1 aliphatic heterocycles. The van der Waals surface area contributed by atoms with Crippen LogP contribution in [0.5, 0.6) is 0 Å². The van der Waals surface area contributed by atoms with E-state index in [1.54, 1.807) is 49.3 Å². The number of nitrogens with one attached hydrogen (secondary N) is 1. The van der Waals surface area contributed by atoms with Crippen molar-refractivity contribution in [3.63, 3.8) is 0 Å². The minimum Gasteiger partial charge on any atom is -0.378 e. The van der Waals surface area contributed by atoms with Crippen molar-refractivity contribution in [1.29, 1.82) is 0 Å². The number of aryl methyl sites for hydroxylation is 3. The molecule has 0 unspecified atom stereocenters. The first-order chi connectivity index (χ1) is 15.3. The number of hydrogen-bond acceptors (Lipinski definition) is 7. The zero-order valence-electron chi connectivity index (χ0n) is 18.2. The zero-order chi connectivity index (χ0) is 22.7. The topological polar surface area (TPSA) is 102 Å². The third-order valence-corrected chi connectivity index (χ3v) is 6.46. The van der Waals surface area contributed by atoms with Crippen LogP contribution < -0.4 is 9.62 Å². The molecule has 166 valence electrons. The molecule has 4 heterocycles. The van der Waals surface area contributed by atoms with Gasteiger partial charge in [-0.2, -0.15) is 0 Å². The average molecular weight is 453 g/mol. The largest absolute Gasteiger partial charge is 0.378 e. The molecule has 0 aromatic carbocycles. The van der Waals surface area contributed by atoms with Crippen LogP contribution in [0.2, 0.25) is 0 Å². The SMILES string of the molecule is Cc1ncc(C#Cc2c(C)ncnc2N2CCOCC2)cc1NS(=O)(=O)c1ccn(C)c1. The van der Waals surface area contributed by atoms with Crippen molar-refractivity contribution in [3.8, 4) is 11.8 Å². The molecular weight excluding hydrogens is 428 g/mol. The number of sulfonamides is 1. The van der Waals surface area contributed by atoms with E-state index in [4.69, 9.17) is 4.74 Å². The lowest BCUT2D eigenvalue weighted by Gasteiger charge is -2.28. The first-order valence-corrected chi connectivity index (χ1v) is 11.6. The Labute approximate surface area is 187 Å². The van der Waals surface area contributed by atoms with Crippen LogP contribution in [0.15, 0.2) is 41.9 Å². The lowest BCUT2D eigenvalue weighted by molar-refractivity contribution is 0.122. The first-order valence-electron chi connectivity index (χ1n) is 10.1. The van der Waals surface area contributed by atoms with Gasteiger partial charge in [-0.3, -0.25) is 9.71 Å². The Balaban J connectivity index is 1.64. The second-order valence-corrected chi connectivity index (χ2v) is 9.16. The fourth-order valence-electron chi connectivity index (χ4n) is 3.30. The van der Waals surface area contributed by atoms with Gasteiger partial charge >= 0.3 is 0 Å². The maximum absolute atomic E-state index is 12.7. The zero-order valence-corrected chi connectivity index (χ0v) is 19.0. The Morgan fingerprint density at radius 2 is 1.88 bits per heavy atom. The summed E-state index contributed by atoms with van der Waals surface area (Å²) in [5.41, 5.74) is 3.04.